The van der Waals surface area contributed by atoms with E-state index in [1.807, 2.05) is 48.5 Å². The van der Waals surface area contributed by atoms with Gasteiger partial charge in [0.2, 0.25) is 0 Å². The molecule has 84 valence electrons. The summed E-state index contributed by atoms with van der Waals surface area (Å²) in [6.45, 7) is 0.264. The van der Waals surface area contributed by atoms with Crippen molar-refractivity contribution in [3.8, 4) is 5.75 Å². The summed E-state index contributed by atoms with van der Waals surface area (Å²) in [6.07, 6.45) is 0. The molecule has 0 spiro atoms. The zero-order valence-corrected chi connectivity index (χ0v) is 9.17. The summed E-state index contributed by atoms with van der Waals surface area (Å²) in [5.41, 5.74) is 1.47. The summed E-state index contributed by atoms with van der Waals surface area (Å²) in [6, 6.07) is 16.8. The number of ether oxygens (including phenoxy) is 1. The molecule has 1 amide bonds. The van der Waals surface area contributed by atoms with Crippen molar-refractivity contribution in [2.75, 3.05) is 11.6 Å². The van der Waals surface area contributed by atoms with Crippen LogP contribution in [0.15, 0.2) is 54.6 Å². The standard InChI is InChI=1S/C14H11NO2/c16-14-12-8-4-5-9-13(12)17-10-15(14)11-6-2-1-3-7-11/h1-9H,10H2. The van der Waals surface area contributed by atoms with Gasteiger partial charge in [-0.15, -0.1) is 0 Å². The van der Waals surface area contributed by atoms with E-state index in [1.165, 1.54) is 0 Å². The maximum absolute atomic E-state index is 12.3. The first-order valence-corrected chi connectivity index (χ1v) is 5.45. The van der Waals surface area contributed by atoms with Gasteiger partial charge in [-0.25, -0.2) is 0 Å². The Bertz CT molecular complexity index is 551. The molecule has 0 fully saturated rings. The summed E-state index contributed by atoms with van der Waals surface area (Å²) >= 11 is 0. The smallest absolute Gasteiger partial charge is 0.264 e. The second-order valence-corrected chi connectivity index (χ2v) is 3.84. The molecule has 3 rings (SSSR count). The summed E-state index contributed by atoms with van der Waals surface area (Å²) in [5, 5.41) is 0. The van der Waals surface area contributed by atoms with E-state index in [4.69, 9.17) is 4.74 Å². The summed E-state index contributed by atoms with van der Waals surface area (Å²) in [7, 11) is 0. The minimum absolute atomic E-state index is 0.0157. The summed E-state index contributed by atoms with van der Waals surface area (Å²) in [5.74, 6) is 0.641. The zero-order chi connectivity index (χ0) is 11.7. The van der Waals surface area contributed by atoms with E-state index in [-0.39, 0.29) is 12.6 Å². The van der Waals surface area contributed by atoms with Crippen LogP contribution in [0.4, 0.5) is 5.69 Å². The van der Waals surface area contributed by atoms with Gasteiger partial charge in [-0.05, 0) is 24.3 Å². The van der Waals surface area contributed by atoms with Crippen molar-refractivity contribution < 1.29 is 9.53 Å². The third-order valence-electron chi connectivity index (χ3n) is 2.78. The predicted octanol–water partition coefficient (Wildman–Crippen LogP) is 2.68. The first-order chi connectivity index (χ1) is 8.36. The topological polar surface area (TPSA) is 29.5 Å². The van der Waals surface area contributed by atoms with E-state index < -0.39 is 0 Å². The molecule has 0 radical (unpaired) electrons. The first-order valence-electron chi connectivity index (χ1n) is 5.45. The molecule has 3 nitrogen and oxygen atoms in total. The largest absolute Gasteiger partial charge is 0.472 e. The van der Waals surface area contributed by atoms with Gasteiger partial charge in [0.05, 0.1) is 5.56 Å². The van der Waals surface area contributed by atoms with Crippen molar-refractivity contribution >= 4 is 11.6 Å². The maximum atomic E-state index is 12.3. The normalized spacial score (nSPS) is 14.1. The number of nitrogens with zero attached hydrogens (tertiary/aromatic N) is 1. The van der Waals surface area contributed by atoms with Gasteiger partial charge in [0.25, 0.3) is 5.91 Å². The van der Waals surface area contributed by atoms with Crippen LogP contribution in [0, 0.1) is 0 Å². The monoisotopic (exact) mass is 225 g/mol. The molecule has 0 aromatic heterocycles. The number of anilines is 1. The average Bonchev–Trinajstić information content (AvgIpc) is 2.40. The molecule has 0 unspecified atom stereocenters. The predicted molar refractivity (Wildman–Crippen MR) is 65.2 cm³/mol. The Hall–Kier alpha value is -2.29. The molecule has 0 aliphatic carbocycles. The fourth-order valence-corrected chi connectivity index (χ4v) is 1.91. The molecule has 0 saturated carbocycles. The van der Waals surface area contributed by atoms with Crippen molar-refractivity contribution in [2.24, 2.45) is 0 Å². The van der Waals surface area contributed by atoms with E-state index in [0.29, 0.717) is 11.3 Å². The van der Waals surface area contributed by atoms with Gasteiger partial charge in [-0.3, -0.25) is 9.69 Å². The van der Waals surface area contributed by atoms with E-state index in [9.17, 15) is 4.79 Å². The van der Waals surface area contributed by atoms with Crippen molar-refractivity contribution in [1.82, 2.24) is 0 Å². The van der Waals surface area contributed by atoms with Crippen molar-refractivity contribution in [3.05, 3.63) is 60.2 Å². The van der Waals surface area contributed by atoms with Crippen LogP contribution in [0.5, 0.6) is 5.75 Å². The van der Waals surface area contributed by atoms with Gasteiger partial charge in [0.1, 0.15) is 5.75 Å². The molecule has 1 aliphatic rings. The Kier molecular flexibility index (Phi) is 2.29. The molecule has 1 aliphatic heterocycles. The Morgan fingerprint density at radius 1 is 0.941 bits per heavy atom. The van der Waals surface area contributed by atoms with E-state index in [0.717, 1.165) is 5.69 Å². The number of carbonyl (C=O) groups excluding carboxylic acids is 1. The zero-order valence-electron chi connectivity index (χ0n) is 9.17. The van der Waals surface area contributed by atoms with Crippen LogP contribution >= 0.6 is 0 Å². The van der Waals surface area contributed by atoms with Crippen LogP contribution < -0.4 is 9.64 Å². The Labute approximate surface area is 99.2 Å². The number of rotatable bonds is 1. The van der Waals surface area contributed by atoms with Crippen molar-refractivity contribution in [2.45, 2.75) is 0 Å². The fourth-order valence-electron chi connectivity index (χ4n) is 1.91. The summed E-state index contributed by atoms with van der Waals surface area (Å²) in [4.78, 5) is 13.9. The van der Waals surface area contributed by atoms with Crippen LogP contribution in [0.2, 0.25) is 0 Å². The highest BCUT2D eigenvalue weighted by molar-refractivity contribution is 6.08. The van der Waals surface area contributed by atoms with E-state index in [1.54, 1.807) is 11.0 Å². The Morgan fingerprint density at radius 2 is 1.65 bits per heavy atom. The highest BCUT2D eigenvalue weighted by Crippen LogP contribution is 2.27. The third kappa shape index (κ3) is 1.65. The molecule has 0 N–H and O–H groups in total. The lowest BCUT2D eigenvalue weighted by molar-refractivity contribution is 0.0937. The Balaban J connectivity index is 2.00. The lowest BCUT2D eigenvalue weighted by atomic mass is 10.1. The Morgan fingerprint density at radius 3 is 2.47 bits per heavy atom. The molecule has 0 saturated heterocycles. The second kappa shape index (κ2) is 3.94. The number of hydrogen-bond donors (Lipinski definition) is 0. The average molecular weight is 225 g/mol. The van der Waals surface area contributed by atoms with Gasteiger partial charge in [0.15, 0.2) is 6.73 Å². The number of para-hydroxylation sites is 2. The van der Waals surface area contributed by atoms with Crippen LogP contribution in [-0.2, 0) is 0 Å². The van der Waals surface area contributed by atoms with Crippen molar-refractivity contribution in [3.63, 3.8) is 0 Å². The molecule has 2 aromatic carbocycles. The second-order valence-electron chi connectivity index (χ2n) is 3.84. The highest BCUT2D eigenvalue weighted by atomic mass is 16.5. The van der Waals surface area contributed by atoms with Crippen LogP contribution in [-0.4, -0.2) is 12.6 Å². The summed E-state index contributed by atoms with van der Waals surface area (Å²) < 4.78 is 5.57. The number of amides is 1. The van der Waals surface area contributed by atoms with Gasteiger partial charge in [-0.2, -0.15) is 0 Å². The molecular weight excluding hydrogens is 214 g/mol. The van der Waals surface area contributed by atoms with Gasteiger partial charge >= 0.3 is 0 Å². The van der Waals surface area contributed by atoms with Crippen LogP contribution in [0.25, 0.3) is 0 Å². The molecule has 2 aromatic rings. The molecule has 0 atom stereocenters. The quantitative estimate of drug-likeness (QED) is 0.746. The first kappa shape index (κ1) is 9.90. The number of fused-ring (bicyclic) bond motifs is 1. The molecule has 17 heavy (non-hydrogen) atoms. The molecule has 3 heteroatoms. The molecule has 1 heterocycles. The van der Waals surface area contributed by atoms with E-state index >= 15 is 0 Å². The minimum Gasteiger partial charge on any atom is -0.472 e. The number of carbonyl (C=O) groups is 1. The number of hydrogen-bond acceptors (Lipinski definition) is 2. The molecule has 0 bridgehead atoms. The highest BCUT2D eigenvalue weighted by Gasteiger charge is 2.25. The minimum atomic E-state index is -0.0157. The van der Waals surface area contributed by atoms with E-state index in [2.05, 4.69) is 0 Å². The van der Waals surface area contributed by atoms with Crippen LogP contribution in [0.1, 0.15) is 10.4 Å². The lowest BCUT2D eigenvalue weighted by Gasteiger charge is -2.28. The maximum Gasteiger partial charge on any atom is 0.264 e. The third-order valence-corrected chi connectivity index (χ3v) is 2.78. The SMILES string of the molecule is O=C1c2ccccc2OCN1c1ccccc1. The van der Waals surface area contributed by atoms with Gasteiger partial charge in [-0.1, -0.05) is 30.3 Å². The van der Waals surface area contributed by atoms with Crippen molar-refractivity contribution in [1.29, 1.82) is 0 Å². The molecular formula is C14H11NO2. The van der Waals surface area contributed by atoms with Gasteiger partial charge < -0.3 is 4.74 Å². The fraction of sp³-hybridized carbons (Fsp3) is 0.0714. The number of benzene rings is 2. The van der Waals surface area contributed by atoms with Gasteiger partial charge in [0, 0.05) is 5.69 Å². The van der Waals surface area contributed by atoms with Crippen LogP contribution in [0.3, 0.4) is 0 Å². The lowest BCUT2D eigenvalue weighted by Crippen LogP contribution is -2.38.